The summed E-state index contributed by atoms with van der Waals surface area (Å²) >= 11 is 0. The number of aryl methyl sites for hydroxylation is 2. The number of aromatic nitrogens is 4. The molecule has 0 radical (unpaired) electrons. The Morgan fingerprint density at radius 2 is 1.90 bits per heavy atom. The third kappa shape index (κ3) is 3.33. The van der Waals surface area contributed by atoms with E-state index in [4.69, 9.17) is 4.42 Å². The topological polar surface area (TPSA) is 94.9 Å². The zero-order valence-corrected chi connectivity index (χ0v) is 16.4. The minimum atomic E-state index is -0.789. The van der Waals surface area contributed by atoms with Crippen molar-refractivity contribution in [2.24, 2.45) is 0 Å². The minimum Gasteiger partial charge on any atom is -0.467 e. The van der Waals surface area contributed by atoms with Crippen molar-refractivity contribution < 1.29 is 9.21 Å². The maximum atomic E-state index is 13.1. The summed E-state index contributed by atoms with van der Waals surface area (Å²) in [4.78, 5) is 25.6. The van der Waals surface area contributed by atoms with Gasteiger partial charge in [0.15, 0.2) is 5.52 Å². The number of nitrogens with one attached hydrogen (secondary N) is 1. The van der Waals surface area contributed by atoms with E-state index in [0.717, 1.165) is 11.4 Å². The van der Waals surface area contributed by atoms with Crippen LogP contribution in [0.3, 0.4) is 0 Å². The molecule has 8 nitrogen and oxygen atoms in total. The molecular formula is C21H21N5O3. The van der Waals surface area contributed by atoms with E-state index in [0.29, 0.717) is 22.4 Å². The smallest absolute Gasteiger partial charge is 0.295 e. The second-order valence-corrected chi connectivity index (χ2v) is 6.86. The molecule has 0 aliphatic rings. The number of benzene rings is 1. The number of furan rings is 1. The summed E-state index contributed by atoms with van der Waals surface area (Å²) in [6.07, 6.45) is 1.54. The van der Waals surface area contributed by atoms with Crippen LogP contribution in [0, 0.1) is 13.8 Å². The molecule has 148 valence electrons. The lowest BCUT2D eigenvalue weighted by Crippen LogP contribution is -2.37. The number of hydrogen-bond donors (Lipinski definition) is 1. The van der Waals surface area contributed by atoms with E-state index in [1.807, 2.05) is 44.2 Å². The molecule has 3 heterocycles. The van der Waals surface area contributed by atoms with Gasteiger partial charge in [0.2, 0.25) is 5.91 Å². The van der Waals surface area contributed by atoms with E-state index in [1.54, 1.807) is 30.0 Å². The molecule has 1 N–H and O–H groups in total. The van der Waals surface area contributed by atoms with Gasteiger partial charge in [-0.3, -0.25) is 9.59 Å². The highest BCUT2D eigenvalue weighted by molar-refractivity contribution is 5.84. The number of rotatable bonds is 5. The van der Waals surface area contributed by atoms with Gasteiger partial charge in [0.25, 0.3) is 5.56 Å². The Morgan fingerprint density at radius 3 is 2.59 bits per heavy atom. The van der Waals surface area contributed by atoms with Crippen molar-refractivity contribution in [3.8, 4) is 5.69 Å². The Bertz CT molecular complexity index is 1220. The molecule has 1 aromatic carbocycles. The summed E-state index contributed by atoms with van der Waals surface area (Å²) in [5.74, 6) is 0.309. The molecule has 0 saturated heterocycles. The van der Waals surface area contributed by atoms with Crippen LogP contribution in [0.1, 0.15) is 30.1 Å². The van der Waals surface area contributed by atoms with Crippen molar-refractivity contribution in [3.05, 3.63) is 76.2 Å². The Morgan fingerprint density at radius 1 is 1.14 bits per heavy atom. The van der Waals surface area contributed by atoms with Crippen LogP contribution in [0.4, 0.5) is 0 Å². The molecule has 4 aromatic rings. The first-order chi connectivity index (χ1) is 14.0. The molecule has 1 atom stereocenters. The van der Waals surface area contributed by atoms with Gasteiger partial charge in [-0.2, -0.15) is 10.2 Å². The second-order valence-electron chi connectivity index (χ2n) is 6.86. The van der Waals surface area contributed by atoms with Gasteiger partial charge >= 0.3 is 0 Å². The maximum Gasteiger partial charge on any atom is 0.295 e. The van der Waals surface area contributed by atoms with Crippen molar-refractivity contribution in [2.75, 3.05) is 0 Å². The van der Waals surface area contributed by atoms with E-state index in [-0.39, 0.29) is 12.5 Å². The highest BCUT2D eigenvalue weighted by Gasteiger charge is 2.23. The largest absolute Gasteiger partial charge is 0.467 e. The zero-order valence-electron chi connectivity index (χ0n) is 16.4. The molecule has 29 heavy (non-hydrogen) atoms. The van der Waals surface area contributed by atoms with Crippen molar-refractivity contribution in [3.63, 3.8) is 0 Å². The molecule has 1 amide bonds. The highest BCUT2D eigenvalue weighted by Crippen LogP contribution is 2.21. The first kappa shape index (κ1) is 18.7. The first-order valence-electron chi connectivity index (χ1n) is 9.31. The van der Waals surface area contributed by atoms with Gasteiger partial charge in [0.1, 0.15) is 11.8 Å². The van der Waals surface area contributed by atoms with Crippen LogP contribution >= 0.6 is 0 Å². The van der Waals surface area contributed by atoms with E-state index in [2.05, 4.69) is 15.5 Å². The van der Waals surface area contributed by atoms with Crippen LogP contribution in [0.25, 0.3) is 16.6 Å². The van der Waals surface area contributed by atoms with Crippen molar-refractivity contribution >= 4 is 16.8 Å². The maximum absolute atomic E-state index is 13.1. The molecule has 0 aliphatic carbocycles. The van der Waals surface area contributed by atoms with Gasteiger partial charge in [0.05, 0.1) is 35.3 Å². The Balaban J connectivity index is 1.71. The summed E-state index contributed by atoms with van der Waals surface area (Å²) in [6, 6.07) is 12.3. The molecule has 0 bridgehead atoms. The molecule has 4 rings (SSSR count). The van der Waals surface area contributed by atoms with Gasteiger partial charge in [0, 0.05) is 0 Å². The SMILES string of the molecule is Cc1nn([C@H](C)C(=O)NCc2ccco2)c(=O)c2nn(-c3ccccc3)c(C)c12. The van der Waals surface area contributed by atoms with Crippen LogP contribution in [0.2, 0.25) is 0 Å². The fourth-order valence-electron chi connectivity index (χ4n) is 3.38. The fourth-order valence-corrected chi connectivity index (χ4v) is 3.38. The van der Waals surface area contributed by atoms with Crippen LogP contribution in [-0.2, 0) is 11.3 Å². The predicted molar refractivity (Wildman–Crippen MR) is 108 cm³/mol. The van der Waals surface area contributed by atoms with E-state index >= 15 is 0 Å². The molecule has 0 unspecified atom stereocenters. The predicted octanol–water partition coefficient (Wildman–Crippen LogP) is 2.67. The number of fused-ring (bicyclic) bond motifs is 1. The Labute approximate surface area is 166 Å². The van der Waals surface area contributed by atoms with Crippen LogP contribution < -0.4 is 10.9 Å². The second kappa shape index (κ2) is 7.38. The number of amides is 1. The van der Waals surface area contributed by atoms with Crippen LogP contribution in [0.15, 0.2) is 57.9 Å². The average molecular weight is 391 g/mol. The van der Waals surface area contributed by atoms with Crippen molar-refractivity contribution in [1.29, 1.82) is 0 Å². The van der Waals surface area contributed by atoms with Gasteiger partial charge in [-0.25, -0.2) is 9.36 Å². The molecule has 3 aromatic heterocycles. The summed E-state index contributed by atoms with van der Waals surface area (Å²) in [6.45, 7) is 5.60. The van der Waals surface area contributed by atoms with Crippen LogP contribution in [0.5, 0.6) is 0 Å². The summed E-state index contributed by atoms with van der Waals surface area (Å²) < 4.78 is 8.14. The first-order valence-corrected chi connectivity index (χ1v) is 9.31. The van der Waals surface area contributed by atoms with Gasteiger partial charge in [-0.1, -0.05) is 18.2 Å². The molecule has 8 heteroatoms. The third-order valence-electron chi connectivity index (χ3n) is 4.91. The molecule has 0 fully saturated rings. The van der Waals surface area contributed by atoms with E-state index in [9.17, 15) is 9.59 Å². The van der Waals surface area contributed by atoms with Gasteiger partial charge in [-0.15, -0.1) is 0 Å². The minimum absolute atomic E-state index is 0.244. The zero-order chi connectivity index (χ0) is 20.5. The lowest BCUT2D eigenvalue weighted by molar-refractivity contribution is -0.124. The van der Waals surface area contributed by atoms with Crippen LogP contribution in [-0.4, -0.2) is 25.5 Å². The number of carbonyl (C=O) groups is 1. The monoisotopic (exact) mass is 391 g/mol. The molecular weight excluding hydrogens is 370 g/mol. The summed E-state index contributed by atoms with van der Waals surface area (Å²) in [5, 5.41) is 12.4. The number of hydrogen-bond acceptors (Lipinski definition) is 5. The van der Waals surface area contributed by atoms with Crippen molar-refractivity contribution in [2.45, 2.75) is 33.4 Å². The summed E-state index contributed by atoms with van der Waals surface area (Å²) in [5.41, 5.74) is 2.23. The van der Waals surface area contributed by atoms with Crippen molar-refractivity contribution in [1.82, 2.24) is 24.9 Å². The number of nitrogens with zero attached hydrogens (tertiary/aromatic N) is 4. The molecule has 0 spiro atoms. The Kier molecular flexibility index (Phi) is 4.75. The van der Waals surface area contributed by atoms with E-state index in [1.165, 1.54) is 4.68 Å². The highest BCUT2D eigenvalue weighted by atomic mass is 16.3. The van der Waals surface area contributed by atoms with E-state index < -0.39 is 11.6 Å². The summed E-state index contributed by atoms with van der Waals surface area (Å²) in [7, 11) is 0. The molecule has 0 aliphatic heterocycles. The number of carbonyl (C=O) groups excluding carboxylic acids is 1. The van der Waals surface area contributed by atoms with Gasteiger partial charge < -0.3 is 9.73 Å². The van der Waals surface area contributed by atoms with Gasteiger partial charge in [-0.05, 0) is 45.0 Å². The normalized spacial score (nSPS) is 12.2. The third-order valence-corrected chi connectivity index (χ3v) is 4.91. The quantitative estimate of drug-likeness (QED) is 0.564. The average Bonchev–Trinajstić information content (AvgIpc) is 3.37. The lowest BCUT2D eigenvalue weighted by atomic mass is 10.2. The number of para-hydroxylation sites is 1. The lowest BCUT2D eigenvalue weighted by Gasteiger charge is -2.14. The standard InChI is InChI=1S/C21H21N5O3/c1-13-18-14(2)25(16-8-5-4-6-9-16)24-19(18)21(28)26(23-13)15(3)20(27)22-12-17-10-7-11-29-17/h4-11,15H,12H2,1-3H3,(H,22,27)/t15-/m1/s1. The molecule has 0 saturated carbocycles. The Hall–Kier alpha value is -3.68. The fraction of sp³-hybridized carbons (Fsp3) is 0.238.